The van der Waals surface area contributed by atoms with Gasteiger partial charge in [0, 0.05) is 25.7 Å². The van der Waals surface area contributed by atoms with E-state index in [1.807, 2.05) is 11.3 Å². The number of hydrogen-bond acceptors (Lipinski definition) is 2. The molecule has 13 rings (SSSR count). The number of aromatic nitrogens is 1. The van der Waals surface area contributed by atoms with E-state index in [-0.39, 0.29) is 17.5 Å². The zero-order chi connectivity index (χ0) is 44.9. The normalized spacial score (nSPS) is 20.9. The molecule has 0 amide bonds. The van der Waals surface area contributed by atoms with Crippen molar-refractivity contribution in [3.8, 4) is 33.6 Å². The third kappa shape index (κ3) is 7.00. The van der Waals surface area contributed by atoms with Gasteiger partial charge >= 0.3 is 0 Å². The molecule has 9 aromatic rings. The first-order chi connectivity index (χ1) is 32.0. The van der Waals surface area contributed by atoms with Crippen molar-refractivity contribution in [3.63, 3.8) is 0 Å². The van der Waals surface area contributed by atoms with E-state index < -0.39 is 0 Å². The molecule has 4 saturated carbocycles. The molecule has 4 fully saturated rings. The van der Waals surface area contributed by atoms with E-state index in [9.17, 15) is 0 Å². The SMILES string of the molecule is Cc1cc(C)c(B(c2cccc(-c3cccc(-c4ccc(C56CC7CC(CC(c8ccc(-c9ccc%10sc%11ccccc%11c%10c9)cc8)(C7)C5)C6)cc4)n3)c2)c2c(C)cc(C)cc2C)c(C)c1. The van der Waals surface area contributed by atoms with E-state index in [1.165, 1.54) is 131 Å². The quantitative estimate of drug-likeness (QED) is 0.139. The van der Waals surface area contributed by atoms with E-state index >= 15 is 0 Å². The fourth-order valence-electron chi connectivity index (χ4n) is 14.3. The lowest BCUT2D eigenvalue weighted by molar-refractivity contribution is -0.0281. The minimum atomic E-state index is 0.123. The molecule has 0 aliphatic heterocycles. The van der Waals surface area contributed by atoms with Crippen LogP contribution in [0.4, 0.5) is 0 Å². The van der Waals surface area contributed by atoms with Gasteiger partial charge in [-0.3, -0.25) is 0 Å². The molecule has 7 aromatic carbocycles. The summed E-state index contributed by atoms with van der Waals surface area (Å²) in [4.78, 5) is 5.38. The van der Waals surface area contributed by atoms with E-state index in [2.05, 4.69) is 199 Å². The van der Waals surface area contributed by atoms with Crippen LogP contribution in [0, 0.1) is 53.4 Å². The highest BCUT2D eigenvalue weighted by Gasteiger charge is 2.58. The molecule has 324 valence electrons. The minimum Gasteiger partial charge on any atom is -0.248 e. The highest BCUT2D eigenvalue weighted by atomic mass is 32.1. The zero-order valence-corrected chi connectivity index (χ0v) is 40.2. The van der Waals surface area contributed by atoms with Gasteiger partial charge in [-0.2, -0.15) is 0 Å². The molecule has 4 bridgehead atoms. The number of hydrogen-bond donors (Lipinski definition) is 0. The summed E-state index contributed by atoms with van der Waals surface area (Å²) in [6.07, 6.45) is 7.98. The van der Waals surface area contributed by atoms with Crippen LogP contribution in [-0.2, 0) is 10.8 Å². The van der Waals surface area contributed by atoms with Crippen molar-refractivity contribution in [1.29, 1.82) is 0 Å². The molecule has 0 saturated heterocycles. The maximum absolute atomic E-state index is 5.38. The lowest BCUT2D eigenvalue weighted by Gasteiger charge is -2.63. The number of nitrogens with zero attached hydrogens (tertiary/aromatic N) is 1. The Balaban J connectivity index is 0.830. The van der Waals surface area contributed by atoms with Gasteiger partial charge in [-0.05, 0) is 161 Å². The van der Waals surface area contributed by atoms with Gasteiger partial charge in [0.1, 0.15) is 0 Å². The van der Waals surface area contributed by atoms with Crippen LogP contribution < -0.4 is 16.4 Å². The third-order valence-corrected chi connectivity index (χ3v) is 17.5. The maximum atomic E-state index is 5.38. The molecule has 2 aromatic heterocycles. The fourth-order valence-corrected chi connectivity index (χ4v) is 15.3. The molecular weight excluding hydrogens is 814 g/mol. The predicted octanol–water partition coefficient (Wildman–Crippen LogP) is 14.6. The second-order valence-electron chi connectivity index (χ2n) is 21.1. The highest BCUT2D eigenvalue weighted by Crippen LogP contribution is 2.66. The first-order valence-electron chi connectivity index (χ1n) is 24.4. The van der Waals surface area contributed by atoms with Crippen molar-refractivity contribution < 1.29 is 0 Å². The summed E-state index contributed by atoms with van der Waals surface area (Å²) >= 11 is 1.90. The van der Waals surface area contributed by atoms with Crippen molar-refractivity contribution in [3.05, 3.63) is 202 Å². The Bertz CT molecular complexity index is 3240. The van der Waals surface area contributed by atoms with Crippen molar-refractivity contribution in [2.75, 3.05) is 0 Å². The van der Waals surface area contributed by atoms with Crippen LogP contribution in [0.2, 0.25) is 0 Å². The van der Waals surface area contributed by atoms with E-state index in [0.717, 1.165) is 28.8 Å². The van der Waals surface area contributed by atoms with E-state index in [0.29, 0.717) is 0 Å². The fraction of sp³-hybridized carbons (Fsp3) is 0.254. The largest absolute Gasteiger partial charge is 0.248 e. The number of rotatable bonds is 8. The monoisotopic (exact) mass is 871 g/mol. The standard InChI is InChI=1S/C63H58BNS/c1-39-27-41(3)60(42(4)28-39)64(61-43(5)29-40(2)30-44(61)6)53-12-9-11-50(32-53)57-15-10-14-56(65-57)48-19-24-52(25-20-48)63-36-45-31-46(37-63)35-62(34-45,38-63)51-22-17-47(18-23-51)49-21-26-59-55(33-49)54-13-7-8-16-58(54)66-59/h7-30,32-33,45-46H,31,34-38H2,1-6H3. The topological polar surface area (TPSA) is 12.9 Å². The van der Waals surface area contributed by atoms with Gasteiger partial charge in [0.25, 0.3) is 0 Å². The summed E-state index contributed by atoms with van der Waals surface area (Å²) in [6, 6.07) is 60.5. The van der Waals surface area contributed by atoms with Crippen LogP contribution >= 0.6 is 11.3 Å². The lowest BCUT2D eigenvalue weighted by atomic mass is 9.34. The highest BCUT2D eigenvalue weighted by molar-refractivity contribution is 7.25. The summed E-state index contributed by atoms with van der Waals surface area (Å²) in [6.45, 7) is 13.7. The van der Waals surface area contributed by atoms with Crippen LogP contribution in [0.15, 0.2) is 158 Å². The van der Waals surface area contributed by atoms with Crippen LogP contribution in [0.3, 0.4) is 0 Å². The van der Waals surface area contributed by atoms with Crippen LogP contribution in [-0.4, -0.2) is 11.7 Å². The van der Waals surface area contributed by atoms with Crippen molar-refractivity contribution in [2.45, 2.75) is 90.9 Å². The van der Waals surface area contributed by atoms with Crippen molar-refractivity contribution in [2.24, 2.45) is 11.8 Å². The number of thiophene rings is 1. The summed E-state index contributed by atoms with van der Waals surface area (Å²) in [7, 11) is 0. The van der Waals surface area contributed by atoms with Gasteiger partial charge in [0.2, 0.25) is 6.71 Å². The van der Waals surface area contributed by atoms with Crippen LogP contribution in [0.1, 0.15) is 83.0 Å². The molecule has 4 aliphatic rings. The van der Waals surface area contributed by atoms with Gasteiger partial charge in [0.05, 0.1) is 11.4 Å². The van der Waals surface area contributed by atoms with Crippen LogP contribution in [0.25, 0.3) is 53.8 Å². The molecule has 66 heavy (non-hydrogen) atoms. The molecule has 0 spiro atoms. The maximum Gasteiger partial charge on any atom is 0.242 e. The number of benzene rings is 7. The third-order valence-electron chi connectivity index (χ3n) is 16.4. The first-order valence-corrected chi connectivity index (χ1v) is 25.2. The smallest absolute Gasteiger partial charge is 0.242 e. The molecule has 2 unspecified atom stereocenters. The average molecular weight is 872 g/mol. The summed E-state index contributed by atoms with van der Waals surface area (Å²) < 4.78 is 2.73. The number of aryl methyl sites for hydroxylation is 6. The molecular formula is C63H58BNS. The Morgan fingerprint density at radius 1 is 0.455 bits per heavy atom. The predicted molar refractivity (Wildman–Crippen MR) is 284 cm³/mol. The number of fused-ring (bicyclic) bond motifs is 3. The molecule has 1 nitrogen and oxygen atoms in total. The van der Waals surface area contributed by atoms with Gasteiger partial charge < -0.3 is 0 Å². The molecule has 0 N–H and O–H groups in total. The molecule has 4 aliphatic carbocycles. The Kier molecular flexibility index (Phi) is 9.92. The Morgan fingerprint density at radius 3 is 1.58 bits per heavy atom. The Labute approximate surface area is 396 Å². The minimum absolute atomic E-state index is 0.123. The van der Waals surface area contributed by atoms with Crippen molar-refractivity contribution >= 4 is 54.6 Å². The lowest BCUT2D eigenvalue weighted by Crippen LogP contribution is -2.55. The van der Waals surface area contributed by atoms with Gasteiger partial charge in [-0.25, -0.2) is 4.98 Å². The molecule has 2 heterocycles. The Morgan fingerprint density at radius 2 is 0.970 bits per heavy atom. The zero-order valence-electron chi connectivity index (χ0n) is 39.3. The first kappa shape index (κ1) is 41.4. The second-order valence-corrected chi connectivity index (χ2v) is 22.2. The molecule has 0 radical (unpaired) electrons. The van der Waals surface area contributed by atoms with E-state index in [4.69, 9.17) is 4.98 Å². The second kappa shape index (κ2) is 15.8. The molecule has 2 atom stereocenters. The Hall–Kier alpha value is -6.03. The van der Waals surface area contributed by atoms with Gasteiger partial charge in [0.15, 0.2) is 0 Å². The summed E-state index contributed by atoms with van der Waals surface area (Å²) in [5.41, 5.74) is 22.8. The van der Waals surface area contributed by atoms with Gasteiger partial charge in [-0.15, -0.1) is 11.3 Å². The van der Waals surface area contributed by atoms with E-state index in [1.54, 1.807) is 5.56 Å². The van der Waals surface area contributed by atoms with Crippen molar-refractivity contribution in [1.82, 2.24) is 4.98 Å². The summed E-state index contributed by atoms with van der Waals surface area (Å²) in [5, 5.41) is 2.74. The summed E-state index contributed by atoms with van der Waals surface area (Å²) in [5.74, 6) is 1.59. The molecule has 3 heteroatoms. The average Bonchev–Trinajstić information content (AvgIpc) is 3.68. The number of pyridine rings is 1. The van der Waals surface area contributed by atoms with Gasteiger partial charge in [-0.1, -0.05) is 177 Å². The van der Waals surface area contributed by atoms with Crippen LogP contribution in [0.5, 0.6) is 0 Å².